The molecule has 1 rings (SSSR count). The topological polar surface area (TPSA) is 12.0 Å². The van der Waals surface area contributed by atoms with Crippen molar-refractivity contribution in [1.29, 1.82) is 0 Å². The molecule has 1 fully saturated rings. The fourth-order valence-electron chi connectivity index (χ4n) is 1.43. The van der Waals surface area contributed by atoms with Gasteiger partial charge in [0, 0.05) is 11.8 Å². The molecule has 0 saturated carbocycles. The molecule has 0 bridgehead atoms. The summed E-state index contributed by atoms with van der Waals surface area (Å²) < 4.78 is 0. The first-order valence-electron chi connectivity index (χ1n) is 5.11. The lowest BCUT2D eigenvalue weighted by atomic mass is 10.2. The highest BCUT2D eigenvalue weighted by atomic mass is 32.2. The molecule has 0 aliphatic carbocycles. The van der Waals surface area contributed by atoms with E-state index >= 15 is 0 Å². The molecule has 0 aromatic heterocycles. The first-order valence-corrected chi connectivity index (χ1v) is 6.16. The Labute approximate surface area is 80.7 Å². The second-order valence-corrected chi connectivity index (χ2v) is 5.43. The van der Waals surface area contributed by atoms with E-state index < -0.39 is 0 Å². The van der Waals surface area contributed by atoms with Crippen LogP contribution in [-0.2, 0) is 0 Å². The number of nitrogens with one attached hydrogen (secondary N) is 1. The maximum atomic E-state index is 3.45. The van der Waals surface area contributed by atoms with E-state index in [0.29, 0.717) is 0 Å². The summed E-state index contributed by atoms with van der Waals surface area (Å²) in [5, 5.41) is 4.35. The van der Waals surface area contributed by atoms with Gasteiger partial charge in [0.05, 0.1) is 0 Å². The molecule has 0 aromatic carbocycles. The summed E-state index contributed by atoms with van der Waals surface area (Å²) >= 11 is 2.16. The second-order valence-electron chi connectivity index (χ2n) is 4.02. The Bertz CT molecular complexity index is 108. The Morgan fingerprint density at radius 2 is 2.33 bits per heavy atom. The van der Waals surface area contributed by atoms with Crippen LogP contribution in [0.25, 0.3) is 0 Å². The average Bonchev–Trinajstić information content (AvgIpc) is 2.05. The molecule has 72 valence electrons. The molecule has 1 atom stereocenters. The third kappa shape index (κ3) is 4.36. The van der Waals surface area contributed by atoms with Crippen molar-refractivity contribution >= 4 is 11.8 Å². The van der Waals surface area contributed by atoms with Gasteiger partial charge in [-0.2, -0.15) is 11.8 Å². The zero-order valence-corrected chi connectivity index (χ0v) is 9.12. The van der Waals surface area contributed by atoms with E-state index in [1.807, 2.05) is 0 Å². The van der Waals surface area contributed by atoms with Crippen LogP contribution in [0, 0.1) is 5.92 Å². The van der Waals surface area contributed by atoms with Crippen molar-refractivity contribution in [2.24, 2.45) is 5.92 Å². The van der Waals surface area contributed by atoms with Gasteiger partial charge in [0.25, 0.3) is 0 Å². The van der Waals surface area contributed by atoms with Crippen molar-refractivity contribution in [1.82, 2.24) is 5.32 Å². The van der Waals surface area contributed by atoms with Gasteiger partial charge >= 0.3 is 0 Å². The Morgan fingerprint density at radius 3 is 2.92 bits per heavy atom. The maximum Gasteiger partial charge on any atom is 0.0172 e. The van der Waals surface area contributed by atoms with Crippen LogP contribution in [0.2, 0.25) is 0 Å². The largest absolute Gasteiger partial charge is 0.316 e. The predicted molar refractivity (Wildman–Crippen MR) is 57.8 cm³/mol. The van der Waals surface area contributed by atoms with Crippen LogP contribution < -0.4 is 5.32 Å². The highest BCUT2D eigenvalue weighted by Gasteiger charge is 2.12. The van der Waals surface area contributed by atoms with Gasteiger partial charge in [-0.3, -0.25) is 0 Å². The molecular weight excluding hydrogens is 166 g/mol. The smallest absolute Gasteiger partial charge is 0.0172 e. The molecule has 0 spiro atoms. The zero-order valence-electron chi connectivity index (χ0n) is 8.31. The first kappa shape index (κ1) is 10.4. The molecule has 1 aliphatic rings. The van der Waals surface area contributed by atoms with E-state index in [-0.39, 0.29) is 0 Å². The van der Waals surface area contributed by atoms with Crippen LogP contribution in [-0.4, -0.2) is 24.1 Å². The molecule has 1 N–H and O–H groups in total. The summed E-state index contributed by atoms with van der Waals surface area (Å²) in [5.41, 5.74) is 0. The summed E-state index contributed by atoms with van der Waals surface area (Å²) in [6.07, 6.45) is 4.18. The number of piperidine rings is 1. The highest BCUT2D eigenvalue weighted by Crippen LogP contribution is 2.20. The molecule has 1 heterocycles. The molecule has 1 nitrogen and oxygen atoms in total. The van der Waals surface area contributed by atoms with E-state index in [9.17, 15) is 0 Å². The van der Waals surface area contributed by atoms with Crippen molar-refractivity contribution < 1.29 is 0 Å². The number of thioether (sulfide) groups is 1. The monoisotopic (exact) mass is 187 g/mol. The zero-order chi connectivity index (χ0) is 8.81. The molecule has 0 aromatic rings. The van der Waals surface area contributed by atoms with E-state index in [4.69, 9.17) is 0 Å². The maximum absolute atomic E-state index is 3.45. The van der Waals surface area contributed by atoms with Crippen molar-refractivity contribution in [2.45, 2.75) is 38.4 Å². The van der Waals surface area contributed by atoms with Gasteiger partial charge in [-0.25, -0.2) is 0 Å². The van der Waals surface area contributed by atoms with Crippen molar-refractivity contribution in [2.75, 3.05) is 18.8 Å². The van der Waals surface area contributed by atoms with Gasteiger partial charge in [0.1, 0.15) is 0 Å². The van der Waals surface area contributed by atoms with E-state index in [1.54, 1.807) is 0 Å². The molecule has 1 unspecified atom stereocenters. The molecule has 0 radical (unpaired) electrons. The normalized spacial score (nSPS) is 24.8. The predicted octanol–water partition coefficient (Wildman–Crippen LogP) is 2.52. The SMILES string of the molecule is CC(C)CCSC1CCCNC1. The Hall–Kier alpha value is 0.310. The van der Waals surface area contributed by atoms with Gasteiger partial charge in [0.15, 0.2) is 0 Å². The van der Waals surface area contributed by atoms with Crippen molar-refractivity contribution in [3.63, 3.8) is 0 Å². The molecule has 1 aliphatic heterocycles. The minimum atomic E-state index is 0.869. The minimum Gasteiger partial charge on any atom is -0.316 e. The second kappa shape index (κ2) is 5.87. The van der Waals surface area contributed by atoms with Gasteiger partial charge < -0.3 is 5.32 Å². The standard InChI is InChI=1S/C10H21NS/c1-9(2)5-7-12-10-4-3-6-11-8-10/h9-11H,3-8H2,1-2H3. The fraction of sp³-hybridized carbons (Fsp3) is 1.00. The summed E-state index contributed by atoms with van der Waals surface area (Å²) in [6.45, 7) is 7.09. The molecule has 1 saturated heterocycles. The van der Waals surface area contributed by atoms with Crippen LogP contribution in [0.5, 0.6) is 0 Å². The van der Waals surface area contributed by atoms with Gasteiger partial charge in [-0.05, 0) is 37.5 Å². The number of rotatable bonds is 4. The summed E-state index contributed by atoms with van der Waals surface area (Å²) in [7, 11) is 0. The number of hydrogen-bond acceptors (Lipinski definition) is 2. The molecule has 2 heteroatoms. The third-order valence-corrected chi connectivity index (χ3v) is 3.65. The van der Waals surface area contributed by atoms with Crippen LogP contribution in [0.3, 0.4) is 0 Å². The van der Waals surface area contributed by atoms with Crippen LogP contribution >= 0.6 is 11.8 Å². The van der Waals surface area contributed by atoms with Crippen LogP contribution in [0.4, 0.5) is 0 Å². The quantitative estimate of drug-likeness (QED) is 0.726. The van der Waals surface area contributed by atoms with E-state index in [1.165, 1.54) is 38.1 Å². The van der Waals surface area contributed by atoms with E-state index in [0.717, 1.165) is 11.2 Å². The summed E-state index contributed by atoms with van der Waals surface area (Å²) in [6, 6.07) is 0. The number of hydrogen-bond donors (Lipinski definition) is 1. The summed E-state index contributed by atoms with van der Waals surface area (Å²) in [4.78, 5) is 0. The molecule has 12 heavy (non-hydrogen) atoms. The fourth-order valence-corrected chi connectivity index (χ4v) is 2.94. The molecular formula is C10H21NS. The van der Waals surface area contributed by atoms with E-state index in [2.05, 4.69) is 30.9 Å². The lowest BCUT2D eigenvalue weighted by molar-refractivity contribution is 0.530. The highest BCUT2D eigenvalue weighted by molar-refractivity contribution is 7.99. The first-order chi connectivity index (χ1) is 5.79. The lowest BCUT2D eigenvalue weighted by Crippen LogP contribution is -2.31. The van der Waals surface area contributed by atoms with Gasteiger partial charge in [0.2, 0.25) is 0 Å². The molecule has 0 amide bonds. The van der Waals surface area contributed by atoms with Crippen molar-refractivity contribution in [3.05, 3.63) is 0 Å². The lowest BCUT2D eigenvalue weighted by Gasteiger charge is -2.22. The van der Waals surface area contributed by atoms with Crippen LogP contribution in [0.1, 0.15) is 33.1 Å². The van der Waals surface area contributed by atoms with Gasteiger partial charge in [-0.15, -0.1) is 0 Å². The van der Waals surface area contributed by atoms with Crippen LogP contribution in [0.15, 0.2) is 0 Å². The van der Waals surface area contributed by atoms with Crippen molar-refractivity contribution in [3.8, 4) is 0 Å². The third-order valence-electron chi connectivity index (χ3n) is 2.30. The summed E-state index contributed by atoms with van der Waals surface area (Å²) in [5.74, 6) is 2.22. The Balaban J connectivity index is 1.98. The Kier molecular flexibility index (Phi) is 5.08. The minimum absolute atomic E-state index is 0.869. The Morgan fingerprint density at radius 1 is 1.50 bits per heavy atom. The van der Waals surface area contributed by atoms with Gasteiger partial charge in [-0.1, -0.05) is 13.8 Å². The average molecular weight is 187 g/mol.